The Morgan fingerprint density at radius 2 is 1.40 bits per heavy atom. The SMILES string of the molecule is CC[Si](C)(C)c1cc2ccccc2n1C.Cn1ccc2ccccc21. The van der Waals surface area contributed by atoms with Gasteiger partial charge in [-0.2, -0.15) is 0 Å². The Balaban J connectivity index is 0.000000157. The molecule has 130 valence electrons. The smallest absolute Gasteiger partial charge is 0.101 e. The number of aromatic nitrogens is 2. The highest BCUT2D eigenvalue weighted by molar-refractivity contribution is 6.89. The lowest BCUT2D eigenvalue weighted by Crippen LogP contribution is -2.44. The highest BCUT2D eigenvalue weighted by Crippen LogP contribution is 2.17. The van der Waals surface area contributed by atoms with Crippen LogP contribution in [0.2, 0.25) is 19.1 Å². The molecule has 0 radical (unpaired) electrons. The van der Waals surface area contributed by atoms with Gasteiger partial charge in [0.1, 0.15) is 8.07 Å². The molecule has 0 amide bonds. The first-order valence-electron chi connectivity index (χ1n) is 8.99. The number of rotatable bonds is 2. The van der Waals surface area contributed by atoms with E-state index in [-0.39, 0.29) is 0 Å². The van der Waals surface area contributed by atoms with Crippen LogP contribution in [0.3, 0.4) is 0 Å². The summed E-state index contributed by atoms with van der Waals surface area (Å²) < 4.78 is 4.50. The van der Waals surface area contributed by atoms with Crippen LogP contribution in [0.25, 0.3) is 21.8 Å². The molecular weight excluding hydrogens is 320 g/mol. The number of aryl methyl sites for hydroxylation is 2. The second-order valence-corrected chi connectivity index (χ2v) is 12.4. The van der Waals surface area contributed by atoms with E-state index in [9.17, 15) is 0 Å². The first-order valence-corrected chi connectivity index (χ1v) is 12.2. The number of fused-ring (bicyclic) bond motifs is 2. The largest absolute Gasteiger partial charge is 0.352 e. The molecule has 0 fully saturated rings. The first kappa shape index (κ1) is 17.6. The lowest BCUT2D eigenvalue weighted by atomic mass is 10.2. The van der Waals surface area contributed by atoms with Gasteiger partial charge in [0, 0.05) is 36.6 Å². The normalized spacial score (nSPS) is 11.6. The van der Waals surface area contributed by atoms with Crippen LogP contribution >= 0.6 is 0 Å². The Kier molecular flexibility index (Phi) is 4.86. The minimum absolute atomic E-state index is 1.22. The van der Waals surface area contributed by atoms with E-state index in [0.29, 0.717) is 0 Å². The summed E-state index contributed by atoms with van der Waals surface area (Å²) in [5.74, 6) is 0. The van der Waals surface area contributed by atoms with E-state index < -0.39 is 8.07 Å². The van der Waals surface area contributed by atoms with Crippen molar-refractivity contribution in [1.29, 1.82) is 0 Å². The zero-order chi connectivity index (χ0) is 18.0. The van der Waals surface area contributed by atoms with Crippen molar-refractivity contribution in [2.75, 3.05) is 0 Å². The standard InChI is InChI=1S/C13H19NSi.C9H9N/c1-5-15(3,4)13-10-11-8-6-7-9-12(11)14(13)2;1-10-7-6-8-4-2-3-5-9(8)10/h6-10H,5H2,1-4H3;2-7H,1H3. The molecule has 0 aliphatic rings. The van der Waals surface area contributed by atoms with Gasteiger partial charge < -0.3 is 9.13 Å². The van der Waals surface area contributed by atoms with Crippen LogP contribution < -0.4 is 5.32 Å². The van der Waals surface area contributed by atoms with Crippen LogP contribution in [0.5, 0.6) is 0 Å². The molecule has 2 nitrogen and oxygen atoms in total. The van der Waals surface area contributed by atoms with Crippen LogP contribution in [-0.4, -0.2) is 17.2 Å². The van der Waals surface area contributed by atoms with Crippen LogP contribution in [0, 0.1) is 0 Å². The summed E-state index contributed by atoms with van der Waals surface area (Å²) in [6, 6.07) is 22.8. The molecule has 0 atom stereocenters. The monoisotopic (exact) mass is 348 g/mol. The fourth-order valence-corrected chi connectivity index (χ4v) is 5.28. The van der Waals surface area contributed by atoms with Crippen molar-refractivity contribution in [3.05, 3.63) is 66.9 Å². The lowest BCUT2D eigenvalue weighted by molar-refractivity contribution is 0.969. The number of hydrogen-bond acceptors (Lipinski definition) is 0. The van der Waals surface area contributed by atoms with Gasteiger partial charge in [0.2, 0.25) is 0 Å². The van der Waals surface area contributed by atoms with E-state index in [4.69, 9.17) is 0 Å². The van der Waals surface area contributed by atoms with Crippen molar-refractivity contribution in [1.82, 2.24) is 9.13 Å². The molecule has 0 spiro atoms. The summed E-state index contributed by atoms with van der Waals surface area (Å²) in [6.45, 7) is 7.20. The third kappa shape index (κ3) is 3.42. The van der Waals surface area contributed by atoms with Crippen LogP contribution in [0.15, 0.2) is 66.9 Å². The van der Waals surface area contributed by atoms with Crippen molar-refractivity contribution in [2.24, 2.45) is 14.1 Å². The van der Waals surface area contributed by atoms with Crippen LogP contribution in [0.4, 0.5) is 0 Å². The second kappa shape index (κ2) is 6.93. The summed E-state index contributed by atoms with van der Waals surface area (Å²) >= 11 is 0. The molecule has 4 rings (SSSR count). The molecule has 4 aromatic rings. The molecule has 0 aliphatic heterocycles. The van der Waals surface area contributed by atoms with Crippen molar-refractivity contribution in [3.63, 3.8) is 0 Å². The lowest BCUT2D eigenvalue weighted by Gasteiger charge is -2.21. The predicted octanol–water partition coefficient (Wildman–Crippen LogP) is 5.29. The van der Waals surface area contributed by atoms with Crippen molar-refractivity contribution < 1.29 is 0 Å². The molecular formula is C22H28N2Si. The zero-order valence-electron chi connectivity index (χ0n) is 16.0. The van der Waals surface area contributed by atoms with Gasteiger partial charge in [-0.05, 0) is 35.0 Å². The second-order valence-electron chi connectivity index (χ2n) is 7.37. The first-order chi connectivity index (χ1) is 11.9. The topological polar surface area (TPSA) is 9.86 Å². The Morgan fingerprint density at radius 3 is 2.00 bits per heavy atom. The Labute approximate surface area is 151 Å². The molecule has 0 bridgehead atoms. The average Bonchev–Trinajstić information content (AvgIpc) is 3.18. The average molecular weight is 349 g/mol. The molecule has 25 heavy (non-hydrogen) atoms. The maximum atomic E-state index is 2.45. The summed E-state index contributed by atoms with van der Waals surface area (Å²) in [7, 11) is 3.04. The molecule has 0 saturated heterocycles. The van der Waals surface area contributed by atoms with E-state index in [2.05, 4.69) is 110 Å². The fraction of sp³-hybridized carbons (Fsp3) is 0.273. The highest BCUT2D eigenvalue weighted by Gasteiger charge is 2.24. The Morgan fingerprint density at radius 1 is 0.800 bits per heavy atom. The van der Waals surface area contributed by atoms with Crippen molar-refractivity contribution in [3.8, 4) is 0 Å². The van der Waals surface area contributed by atoms with E-state index in [1.165, 1.54) is 27.8 Å². The molecule has 0 unspecified atom stereocenters. The van der Waals surface area contributed by atoms with Gasteiger partial charge in [-0.3, -0.25) is 0 Å². The van der Waals surface area contributed by atoms with Gasteiger partial charge in [0.15, 0.2) is 0 Å². The number of para-hydroxylation sites is 2. The molecule has 2 heterocycles. The predicted molar refractivity (Wildman–Crippen MR) is 113 cm³/mol. The van der Waals surface area contributed by atoms with Crippen molar-refractivity contribution in [2.45, 2.75) is 26.1 Å². The molecule has 0 aliphatic carbocycles. The minimum atomic E-state index is -1.22. The van der Waals surface area contributed by atoms with Gasteiger partial charge in [0.25, 0.3) is 0 Å². The summed E-state index contributed by atoms with van der Waals surface area (Å²) in [4.78, 5) is 0. The van der Waals surface area contributed by atoms with E-state index in [0.717, 1.165) is 0 Å². The molecule has 0 N–H and O–H groups in total. The molecule has 3 heteroatoms. The summed E-state index contributed by atoms with van der Waals surface area (Å²) in [5.41, 5.74) is 2.66. The maximum Gasteiger partial charge on any atom is 0.101 e. The van der Waals surface area contributed by atoms with Gasteiger partial charge in [-0.1, -0.05) is 62.5 Å². The third-order valence-electron chi connectivity index (χ3n) is 5.32. The molecule has 0 saturated carbocycles. The number of benzene rings is 2. The Bertz CT molecular complexity index is 992. The summed E-state index contributed by atoms with van der Waals surface area (Å²) in [6.07, 6.45) is 2.07. The van der Waals surface area contributed by atoms with Crippen LogP contribution in [-0.2, 0) is 14.1 Å². The van der Waals surface area contributed by atoms with Gasteiger partial charge in [0.05, 0.1) is 0 Å². The molecule has 2 aromatic carbocycles. The number of hydrogen-bond donors (Lipinski definition) is 0. The quantitative estimate of drug-likeness (QED) is 0.436. The zero-order valence-corrected chi connectivity index (χ0v) is 17.0. The van der Waals surface area contributed by atoms with Crippen molar-refractivity contribution >= 4 is 35.2 Å². The third-order valence-corrected chi connectivity index (χ3v) is 8.96. The van der Waals surface area contributed by atoms with Gasteiger partial charge in [-0.15, -0.1) is 0 Å². The van der Waals surface area contributed by atoms with E-state index in [1.54, 1.807) is 5.32 Å². The molecule has 2 aromatic heterocycles. The van der Waals surface area contributed by atoms with Gasteiger partial charge in [-0.25, -0.2) is 0 Å². The van der Waals surface area contributed by atoms with E-state index in [1.807, 2.05) is 0 Å². The minimum Gasteiger partial charge on any atom is -0.352 e. The maximum absolute atomic E-state index is 2.45. The number of nitrogens with zero attached hydrogens (tertiary/aromatic N) is 2. The van der Waals surface area contributed by atoms with Crippen LogP contribution in [0.1, 0.15) is 6.92 Å². The summed E-state index contributed by atoms with van der Waals surface area (Å²) in [5, 5.41) is 4.25. The highest BCUT2D eigenvalue weighted by atomic mass is 28.3. The Hall–Kier alpha value is -2.26. The van der Waals surface area contributed by atoms with E-state index >= 15 is 0 Å². The van der Waals surface area contributed by atoms with Gasteiger partial charge >= 0.3 is 0 Å². The fourth-order valence-electron chi connectivity index (χ4n) is 3.34.